The highest BCUT2D eigenvalue weighted by Gasteiger charge is 2.31. The maximum atomic E-state index is 11.9. The predicted octanol–water partition coefficient (Wildman–Crippen LogP) is 0.163. The van der Waals surface area contributed by atoms with Crippen LogP contribution in [-0.2, 0) is 11.3 Å². The van der Waals surface area contributed by atoms with E-state index in [2.05, 4.69) is 15.0 Å². The third kappa shape index (κ3) is 2.04. The van der Waals surface area contributed by atoms with E-state index in [0.29, 0.717) is 36.5 Å². The first kappa shape index (κ1) is 12.3. The summed E-state index contributed by atoms with van der Waals surface area (Å²) < 4.78 is 1.72. The van der Waals surface area contributed by atoms with Crippen LogP contribution >= 0.6 is 11.6 Å². The molecule has 0 spiro atoms. The number of hydrogen-bond acceptors (Lipinski definition) is 5. The smallest absolute Gasteiger partial charge is 0.229 e. The van der Waals surface area contributed by atoms with Gasteiger partial charge in [-0.1, -0.05) is 0 Å². The van der Waals surface area contributed by atoms with E-state index in [0.717, 1.165) is 0 Å². The van der Waals surface area contributed by atoms with Gasteiger partial charge in [0.2, 0.25) is 5.91 Å². The normalized spacial score (nSPS) is 19.6. The van der Waals surface area contributed by atoms with Crippen molar-refractivity contribution in [1.82, 2.24) is 19.5 Å². The van der Waals surface area contributed by atoms with Crippen LogP contribution in [0.5, 0.6) is 0 Å². The van der Waals surface area contributed by atoms with Gasteiger partial charge >= 0.3 is 0 Å². The van der Waals surface area contributed by atoms with Gasteiger partial charge in [0.15, 0.2) is 17.0 Å². The number of aliphatic hydroxyl groups excluding tert-OH is 1. The molecule has 2 aromatic rings. The average Bonchev–Trinajstić information content (AvgIpc) is 2.94. The zero-order chi connectivity index (χ0) is 13.4. The highest BCUT2D eigenvalue weighted by molar-refractivity contribution is 6.24. The topological polar surface area (TPSA) is 84.1 Å². The van der Waals surface area contributed by atoms with Gasteiger partial charge in [-0.25, -0.2) is 15.0 Å². The molecule has 1 aliphatic rings. The number of imidazole rings is 1. The number of fused-ring (bicyclic) bond motifs is 1. The van der Waals surface area contributed by atoms with Gasteiger partial charge in [-0.3, -0.25) is 9.69 Å². The number of anilines is 1. The molecule has 1 fully saturated rings. The van der Waals surface area contributed by atoms with E-state index in [-0.39, 0.29) is 17.9 Å². The molecule has 100 valence electrons. The zero-order valence-corrected chi connectivity index (χ0v) is 10.8. The van der Waals surface area contributed by atoms with Crippen molar-refractivity contribution in [2.24, 2.45) is 0 Å². The summed E-state index contributed by atoms with van der Waals surface area (Å²) in [5.41, 5.74) is 1.15. The van der Waals surface area contributed by atoms with Gasteiger partial charge in [0.25, 0.3) is 0 Å². The molecule has 0 aromatic carbocycles. The minimum absolute atomic E-state index is 0.00278. The molecule has 0 aliphatic carbocycles. The van der Waals surface area contributed by atoms with Crippen LogP contribution in [0.2, 0.25) is 0 Å². The maximum absolute atomic E-state index is 11.9. The molecular weight excluding hydrogens is 270 g/mol. The number of carbonyl (C=O) groups excluding carboxylic acids is 1. The Bertz CT molecular complexity index is 629. The number of nitrogens with zero attached hydrogens (tertiary/aromatic N) is 5. The van der Waals surface area contributed by atoms with E-state index in [4.69, 9.17) is 16.7 Å². The van der Waals surface area contributed by atoms with E-state index in [1.807, 2.05) is 0 Å². The average molecular weight is 282 g/mol. The van der Waals surface area contributed by atoms with Crippen LogP contribution in [0.25, 0.3) is 11.2 Å². The molecule has 3 heterocycles. The maximum Gasteiger partial charge on any atom is 0.229 e. The fraction of sp³-hybridized carbons (Fsp3) is 0.455. The summed E-state index contributed by atoms with van der Waals surface area (Å²) in [4.78, 5) is 25.9. The lowest BCUT2D eigenvalue weighted by molar-refractivity contribution is -0.117. The summed E-state index contributed by atoms with van der Waals surface area (Å²) in [6.45, 7) is 0.829. The first-order chi connectivity index (χ1) is 9.20. The monoisotopic (exact) mass is 281 g/mol. The highest BCUT2D eigenvalue weighted by Crippen LogP contribution is 2.27. The van der Waals surface area contributed by atoms with Crippen LogP contribution in [0, 0.1) is 0 Å². The van der Waals surface area contributed by atoms with E-state index in [1.54, 1.807) is 10.9 Å². The SMILES string of the molecule is O=C1CC(Cl)CN1c1ncnc2c1ncn2CCO. The number of aliphatic hydroxyl groups is 1. The number of aromatic nitrogens is 4. The second kappa shape index (κ2) is 4.75. The third-order valence-electron chi connectivity index (χ3n) is 3.06. The quantitative estimate of drug-likeness (QED) is 0.811. The van der Waals surface area contributed by atoms with Gasteiger partial charge < -0.3 is 9.67 Å². The third-order valence-corrected chi connectivity index (χ3v) is 3.35. The molecule has 1 amide bonds. The first-order valence-electron chi connectivity index (χ1n) is 5.92. The molecule has 1 N–H and O–H groups in total. The Kier molecular flexibility index (Phi) is 3.08. The van der Waals surface area contributed by atoms with Gasteiger partial charge in [0.05, 0.1) is 18.3 Å². The predicted molar refractivity (Wildman–Crippen MR) is 69.0 cm³/mol. The Morgan fingerprint density at radius 1 is 1.42 bits per heavy atom. The summed E-state index contributed by atoms with van der Waals surface area (Å²) in [7, 11) is 0. The van der Waals surface area contributed by atoms with E-state index < -0.39 is 0 Å². The Labute approximate surface area is 113 Å². The summed E-state index contributed by atoms with van der Waals surface area (Å²) >= 11 is 5.99. The molecule has 0 bridgehead atoms. The summed E-state index contributed by atoms with van der Waals surface area (Å²) in [6.07, 6.45) is 3.28. The van der Waals surface area contributed by atoms with Gasteiger partial charge in [-0.15, -0.1) is 11.6 Å². The lowest BCUT2D eigenvalue weighted by Crippen LogP contribution is -2.26. The largest absolute Gasteiger partial charge is 0.395 e. The van der Waals surface area contributed by atoms with Gasteiger partial charge in [0.1, 0.15) is 6.33 Å². The molecule has 1 atom stereocenters. The second-order valence-electron chi connectivity index (χ2n) is 4.34. The van der Waals surface area contributed by atoms with Crippen molar-refractivity contribution in [2.45, 2.75) is 18.3 Å². The van der Waals surface area contributed by atoms with E-state index in [9.17, 15) is 4.79 Å². The van der Waals surface area contributed by atoms with Crippen LogP contribution in [0.15, 0.2) is 12.7 Å². The van der Waals surface area contributed by atoms with E-state index in [1.165, 1.54) is 11.2 Å². The number of alkyl halides is 1. The summed E-state index contributed by atoms with van der Waals surface area (Å²) in [6, 6.07) is 0. The minimum Gasteiger partial charge on any atom is -0.395 e. The molecule has 2 aromatic heterocycles. The molecule has 3 rings (SSSR count). The molecular formula is C11H12ClN5O2. The molecule has 0 radical (unpaired) electrons. The number of amides is 1. The van der Waals surface area contributed by atoms with Crippen molar-refractivity contribution >= 4 is 34.5 Å². The lowest BCUT2D eigenvalue weighted by atomic mass is 10.4. The van der Waals surface area contributed by atoms with Crippen molar-refractivity contribution < 1.29 is 9.90 Å². The van der Waals surface area contributed by atoms with Crippen molar-refractivity contribution in [3.05, 3.63) is 12.7 Å². The molecule has 1 aliphatic heterocycles. The first-order valence-corrected chi connectivity index (χ1v) is 6.35. The summed E-state index contributed by atoms with van der Waals surface area (Å²) in [5, 5.41) is 8.78. The molecule has 1 saturated heterocycles. The number of halogens is 1. The number of rotatable bonds is 3. The highest BCUT2D eigenvalue weighted by atomic mass is 35.5. The zero-order valence-electron chi connectivity index (χ0n) is 10.0. The fourth-order valence-electron chi connectivity index (χ4n) is 2.21. The van der Waals surface area contributed by atoms with Gasteiger partial charge in [0, 0.05) is 19.5 Å². The Hall–Kier alpha value is -1.73. The molecule has 8 heteroatoms. The molecule has 19 heavy (non-hydrogen) atoms. The Morgan fingerprint density at radius 2 is 2.26 bits per heavy atom. The molecule has 7 nitrogen and oxygen atoms in total. The molecule has 0 saturated carbocycles. The Morgan fingerprint density at radius 3 is 2.95 bits per heavy atom. The number of hydrogen-bond donors (Lipinski definition) is 1. The fourth-order valence-corrected chi connectivity index (χ4v) is 2.48. The van der Waals surface area contributed by atoms with Crippen LogP contribution in [-0.4, -0.2) is 49.1 Å². The van der Waals surface area contributed by atoms with Crippen LogP contribution in [0.4, 0.5) is 5.82 Å². The van der Waals surface area contributed by atoms with Crippen molar-refractivity contribution in [2.75, 3.05) is 18.1 Å². The lowest BCUT2D eigenvalue weighted by Gasteiger charge is -2.14. The van der Waals surface area contributed by atoms with Crippen LogP contribution in [0.3, 0.4) is 0 Å². The van der Waals surface area contributed by atoms with Gasteiger partial charge in [-0.2, -0.15) is 0 Å². The van der Waals surface area contributed by atoms with Gasteiger partial charge in [-0.05, 0) is 0 Å². The van der Waals surface area contributed by atoms with E-state index >= 15 is 0 Å². The van der Waals surface area contributed by atoms with Crippen LogP contribution in [0.1, 0.15) is 6.42 Å². The minimum atomic E-state index is -0.197. The van der Waals surface area contributed by atoms with Crippen molar-refractivity contribution in [1.29, 1.82) is 0 Å². The number of carbonyl (C=O) groups is 1. The van der Waals surface area contributed by atoms with Crippen molar-refractivity contribution in [3.63, 3.8) is 0 Å². The van der Waals surface area contributed by atoms with Crippen LogP contribution < -0.4 is 4.90 Å². The second-order valence-corrected chi connectivity index (χ2v) is 4.95. The van der Waals surface area contributed by atoms with Crippen molar-refractivity contribution in [3.8, 4) is 0 Å². The standard InChI is InChI=1S/C11H12ClN5O2/c12-7-3-8(19)17(4-7)11-9-10(13-5-14-11)16(1-2-18)6-15-9/h5-7,18H,1-4H2. The Balaban J connectivity index is 2.07. The summed E-state index contributed by atoms with van der Waals surface area (Å²) in [5.74, 6) is 0.423. The molecule has 1 unspecified atom stereocenters.